The third kappa shape index (κ3) is 1.54. The summed E-state index contributed by atoms with van der Waals surface area (Å²) in [5, 5.41) is 0. The topological polar surface area (TPSA) is 3.24 Å². The molecule has 1 aliphatic rings. The molecule has 0 spiro atoms. The first-order valence-corrected chi connectivity index (χ1v) is 5.28. The molecule has 74 valence electrons. The SMILES string of the molecule is C=CCN1c2ccccc2CCC1C. The molecule has 1 aliphatic heterocycles. The Labute approximate surface area is 86.1 Å². The maximum absolute atomic E-state index is 3.82. The van der Waals surface area contributed by atoms with Crippen LogP contribution in [-0.4, -0.2) is 12.6 Å². The third-order valence-corrected chi connectivity index (χ3v) is 2.99. The van der Waals surface area contributed by atoms with Crippen molar-refractivity contribution in [1.82, 2.24) is 0 Å². The molecule has 0 aromatic heterocycles. The standard InChI is InChI=1S/C13H17N/c1-3-10-14-11(2)8-9-12-6-4-5-7-13(12)14/h3-7,11H,1,8-10H2,2H3. The van der Waals surface area contributed by atoms with Gasteiger partial charge in [-0.2, -0.15) is 0 Å². The fourth-order valence-corrected chi connectivity index (χ4v) is 2.18. The molecular weight excluding hydrogens is 170 g/mol. The highest BCUT2D eigenvalue weighted by Gasteiger charge is 2.20. The number of anilines is 1. The van der Waals surface area contributed by atoms with E-state index in [0.717, 1.165) is 6.54 Å². The van der Waals surface area contributed by atoms with E-state index in [1.807, 2.05) is 6.08 Å². The summed E-state index contributed by atoms with van der Waals surface area (Å²) >= 11 is 0. The maximum Gasteiger partial charge on any atom is 0.0403 e. The molecule has 1 atom stereocenters. The minimum Gasteiger partial charge on any atom is -0.365 e. The molecule has 0 aliphatic carbocycles. The highest BCUT2D eigenvalue weighted by molar-refractivity contribution is 5.56. The van der Waals surface area contributed by atoms with E-state index in [9.17, 15) is 0 Å². The van der Waals surface area contributed by atoms with E-state index in [-0.39, 0.29) is 0 Å². The van der Waals surface area contributed by atoms with Gasteiger partial charge in [-0.05, 0) is 31.4 Å². The zero-order valence-corrected chi connectivity index (χ0v) is 8.74. The average molecular weight is 187 g/mol. The summed E-state index contributed by atoms with van der Waals surface area (Å²) in [6, 6.07) is 9.34. The average Bonchev–Trinajstić information content (AvgIpc) is 2.23. The van der Waals surface area contributed by atoms with Crippen LogP contribution in [0.3, 0.4) is 0 Å². The normalized spacial score (nSPS) is 20.4. The van der Waals surface area contributed by atoms with E-state index in [1.54, 1.807) is 0 Å². The predicted octanol–water partition coefficient (Wildman–Crippen LogP) is 3.01. The number of para-hydroxylation sites is 1. The second-order valence-electron chi connectivity index (χ2n) is 3.96. The van der Waals surface area contributed by atoms with E-state index in [2.05, 4.69) is 42.7 Å². The first kappa shape index (κ1) is 9.32. The molecule has 1 unspecified atom stereocenters. The van der Waals surface area contributed by atoms with Gasteiger partial charge < -0.3 is 4.90 Å². The van der Waals surface area contributed by atoms with Gasteiger partial charge in [0.25, 0.3) is 0 Å². The van der Waals surface area contributed by atoms with Crippen LogP contribution in [0, 0.1) is 0 Å². The summed E-state index contributed by atoms with van der Waals surface area (Å²) in [5.74, 6) is 0. The van der Waals surface area contributed by atoms with Crippen molar-refractivity contribution >= 4 is 5.69 Å². The molecule has 1 aromatic rings. The van der Waals surface area contributed by atoms with Crippen molar-refractivity contribution in [1.29, 1.82) is 0 Å². The molecule has 1 heteroatoms. The number of aryl methyl sites for hydroxylation is 1. The van der Waals surface area contributed by atoms with Crippen LogP contribution in [0.1, 0.15) is 18.9 Å². The molecule has 14 heavy (non-hydrogen) atoms. The Morgan fingerprint density at radius 3 is 3.07 bits per heavy atom. The van der Waals surface area contributed by atoms with Crippen LogP contribution in [0.15, 0.2) is 36.9 Å². The summed E-state index contributed by atoms with van der Waals surface area (Å²) < 4.78 is 0. The van der Waals surface area contributed by atoms with Crippen LogP contribution in [-0.2, 0) is 6.42 Å². The van der Waals surface area contributed by atoms with Crippen LogP contribution in [0.4, 0.5) is 5.69 Å². The lowest BCUT2D eigenvalue weighted by atomic mass is 9.97. The lowest BCUT2D eigenvalue weighted by Crippen LogP contribution is -2.37. The maximum atomic E-state index is 3.82. The zero-order chi connectivity index (χ0) is 9.97. The number of rotatable bonds is 2. The van der Waals surface area contributed by atoms with Crippen molar-refractivity contribution in [3.05, 3.63) is 42.5 Å². The fraction of sp³-hybridized carbons (Fsp3) is 0.385. The zero-order valence-electron chi connectivity index (χ0n) is 8.74. The summed E-state index contributed by atoms with van der Waals surface area (Å²) in [7, 11) is 0. The Balaban J connectivity index is 2.35. The molecule has 0 saturated heterocycles. The monoisotopic (exact) mass is 187 g/mol. The minimum absolute atomic E-state index is 0.642. The molecule has 0 N–H and O–H groups in total. The first-order chi connectivity index (χ1) is 6.83. The molecule has 0 fully saturated rings. The third-order valence-electron chi connectivity index (χ3n) is 2.99. The Hall–Kier alpha value is -1.24. The molecule has 0 bridgehead atoms. The van der Waals surface area contributed by atoms with Crippen molar-refractivity contribution in [3.63, 3.8) is 0 Å². The van der Waals surface area contributed by atoms with Crippen molar-refractivity contribution < 1.29 is 0 Å². The van der Waals surface area contributed by atoms with Gasteiger partial charge in [0.1, 0.15) is 0 Å². The molecule has 1 heterocycles. The molecular formula is C13H17N. The van der Waals surface area contributed by atoms with Gasteiger partial charge in [0.05, 0.1) is 0 Å². The van der Waals surface area contributed by atoms with Crippen LogP contribution in [0.2, 0.25) is 0 Å². The van der Waals surface area contributed by atoms with Crippen LogP contribution < -0.4 is 4.90 Å². The molecule has 1 aromatic carbocycles. The van der Waals surface area contributed by atoms with Crippen molar-refractivity contribution in [2.75, 3.05) is 11.4 Å². The van der Waals surface area contributed by atoms with Crippen LogP contribution in [0.5, 0.6) is 0 Å². The van der Waals surface area contributed by atoms with Gasteiger partial charge in [-0.3, -0.25) is 0 Å². The largest absolute Gasteiger partial charge is 0.365 e. The second kappa shape index (κ2) is 3.87. The van der Waals surface area contributed by atoms with E-state index in [0.29, 0.717) is 6.04 Å². The molecule has 0 saturated carbocycles. The molecule has 0 amide bonds. The van der Waals surface area contributed by atoms with E-state index in [4.69, 9.17) is 0 Å². The van der Waals surface area contributed by atoms with Gasteiger partial charge in [-0.1, -0.05) is 24.3 Å². The Kier molecular flexibility index (Phi) is 2.58. The quantitative estimate of drug-likeness (QED) is 0.643. The van der Waals surface area contributed by atoms with E-state index >= 15 is 0 Å². The predicted molar refractivity (Wildman–Crippen MR) is 61.8 cm³/mol. The van der Waals surface area contributed by atoms with E-state index < -0.39 is 0 Å². The Morgan fingerprint density at radius 2 is 2.29 bits per heavy atom. The summed E-state index contributed by atoms with van der Waals surface area (Å²) in [6.45, 7) is 7.07. The van der Waals surface area contributed by atoms with Gasteiger partial charge in [0, 0.05) is 18.3 Å². The van der Waals surface area contributed by atoms with Gasteiger partial charge in [0.15, 0.2) is 0 Å². The molecule has 0 radical (unpaired) electrons. The molecule has 1 nitrogen and oxygen atoms in total. The van der Waals surface area contributed by atoms with Gasteiger partial charge in [-0.15, -0.1) is 6.58 Å². The highest BCUT2D eigenvalue weighted by atomic mass is 15.2. The summed E-state index contributed by atoms with van der Waals surface area (Å²) in [5.41, 5.74) is 2.87. The lowest BCUT2D eigenvalue weighted by Gasteiger charge is -2.36. The van der Waals surface area contributed by atoms with Crippen LogP contribution in [0.25, 0.3) is 0 Å². The highest BCUT2D eigenvalue weighted by Crippen LogP contribution is 2.29. The van der Waals surface area contributed by atoms with E-state index in [1.165, 1.54) is 24.1 Å². The second-order valence-corrected chi connectivity index (χ2v) is 3.96. The number of benzene rings is 1. The first-order valence-electron chi connectivity index (χ1n) is 5.28. The van der Waals surface area contributed by atoms with Crippen molar-refractivity contribution in [2.24, 2.45) is 0 Å². The van der Waals surface area contributed by atoms with Gasteiger partial charge in [0.2, 0.25) is 0 Å². The van der Waals surface area contributed by atoms with Gasteiger partial charge >= 0.3 is 0 Å². The smallest absolute Gasteiger partial charge is 0.0403 e. The Bertz CT molecular complexity index is 330. The number of fused-ring (bicyclic) bond motifs is 1. The number of nitrogens with zero attached hydrogens (tertiary/aromatic N) is 1. The fourth-order valence-electron chi connectivity index (χ4n) is 2.18. The lowest BCUT2D eigenvalue weighted by molar-refractivity contribution is 0.582. The number of hydrogen-bond donors (Lipinski definition) is 0. The van der Waals surface area contributed by atoms with Crippen molar-refractivity contribution in [3.8, 4) is 0 Å². The van der Waals surface area contributed by atoms with Crippen molar-refractivity contribution in [2.45, 2.75) is 25.8 Å². The van der Waals surface area contributed by atoms with Gasteiger partial charge in [-0.25, -0.2) is 0 Å². The summed E-state index contributed by atoms with van der Waals surface area (Å²) in [6.07, 6.45) is 4.45. The Morgan fingerprint density at radius 1 is 1.50 bits per heavy atom. The van der Waals surface area contributed by atoms with Crippen LogP contribution >= 0.6 is 0 Å². The minimum atomic E-state index is 0.642. The number of hydrogen-bond acceptors (Lipinski definition) is 1. The summed E-state index contributed by atoms with van der Waals surface area (Å²) in [4.78, 5) is 2.44. The molecule has 2 rings (SSSR count).